The van der Waals surface area contributed by atoms with Crippen LogP contribution in [0.1, 0.15) is 52.4 Å². The Kier molecular flexibility index (Phi) is 3.95. The van der Waals surface area contributed by atoms with Gasteiger partial charge in [-0.25, -0.2) is 0 Å². The van der Waals surface area contributed by atoms with Gasteiger partial charge in [0.2, 0.25) is 0 Å². The normalized spacial score (nSPS) is 43.0. The van der Waals surface area contributed by atoms with Crippen LogP contribution < -0.4 is 0 Å². The number of hydrogen-bond donors (Lipinski definition) is 0. The summed E-state index contributed by atoms with van der Waals surface area (Å²) in [5.74, 6) is 1.95. The lowest BCUT2D eigenvalue weighted by Crippen LogP contribution is -2.56. The topological polar surface area (TPSA) is 6.48 Å². The lowest BCUT2D eigenvalue weighted by atomic mass is 9.80. The molecule has 104 valence electrons. The van der Waals surface area contributed by atoms with Crippen molar-refractivity contribution in [3.05, 3.63) is 0 Å². The van der Waals surface area contributed by atoms with Gasteiger partial charge >= 0.3 is 0 Å². The predicted molar refractivity (Wildman–Crippen MR) is 76.8 cm³/mol. The van der Waals surface area contributed by atoms with E-state index in [2.05, 4.69) is 23.6 Å². The molecular formula is C16H30N2. The minimum absolute atomic E-state index is 0.786. The van der Waals surface area contributed by atoms with Crippen molar-refractivity contribution >= 4 is 0 Å². The van der Waals surface area contributed by atoms with Crippen LogP contribution in [0.2, 0.25) is 0 Å². The van der Waals surface area contributed by atoms with Crippen LogP contribution in [0.15, 0.2) is 0 Å². The average Bonchev–Trinajstić information content (AvgIpc) is 2.79. The van der Waals surface area contributed by atoms with E-state index in [0.29, 0.717) is 0 Å². The molecule has 2 heterocycles. The quantitative estimate of drug-likeness (QED) is 0.743. The summed E-state index contributed by atoms with van der Waals surface area (Å²) in [4.78, 5) is 5.56. The van der Waals surface area contributed by atoms with Crippen molar-refractivity contribution in [1.29, 1.82) is 0 Å². The summed E-state index contributed by atoms with van der Waals surface area (Å²) >= 11 is 0. The first-order valence-corrected chi connectivity index (χ1v) is 8.22. The predicted octanol–water partition coefficient (Wildman–Crippen LogP) is 2.98. The number of nitrogens with zero attached hydrogens (tertiary/aromatic N) is 2. The van der Waals surface area contributed by atoms with Crippen LogP contribution in [-0.4, -0.2) is 48.1 Å². The average molecular weight is 250 g/mol. The Bertz CT molecular complexity index is 278. The molecule has 0 amide bonds. The monoisotopic (exact) mass is 250 g/mol. The van der Waals surface area contributed by atoms with Gasteiger partial charge in [0.1, 0.15) is 0 Å². The van der Waals surface area contributed by atoms with Crippen molar-refractivity contribution in [1.82, 2.24) is 9.80 Å². The van der Waals surface area contributed by atoms with Gasteiger partial charge in [-0.05, 0) is 44.6 Å². The Morgan fingerprint density at radius 3 is 2.61 bits per heavy atom. The first-order valence-electron chi connectivity index (χ1n) is 8.22. The molecule has 4 unspecified atom stereocenters. The summed E-state index contributed by atoms with van der Waals surface area (Å²) in [5.41, 5.74) is 0. The molecule has 4 atom stereocenters. The van der Waals surface area contributed by atoms with Gasteiger partial charge in [0.25, 0.3) is 0 Å². The third kappa shape index (κ3) is 2.60. The molecule has 0 N–H and O–H groups in total. The van der Waals surface area contributed by atoms with Gasteiger partial charge in [-0.2, -0.15) is 0 Å². The fourth-order valence-electron chi connectivity index (χ4n) is 4.47. The molecule has 2 aliphatic heterocycles. The van der Waals surface area contributed by atoms with Crippen molar-refractivity contribution in [2.45, 2.75) is 64.5 Å². The van der Waals surface area contributed by atoms with E-state index in [9.17, 15) is 0 Å². The van der Waals surface area contributed by atoms with E-state index in [1.165, 1.54) is 64.7 Å². The van der Waals surface area contributed by atoms with Crippen molar-refractivity contribution in [2.24, 2.45) is 11.8 Å². The highest BCUT2D eigenvalue weighted by atomic mass is 15.3. The number of piperazine rings is 1. The summed E-state index contributed by atoms with van der Waals surface area (Å²) < 4.78 is 0. The standard InChI is InChI=1S/C16H30N2/c1-13-6-3-4-7-15(13)11-18-12-16-8-5-9-17(16)10-14(18)2/h13-16H,3-12H2,1-2H3. The summed E-state index contributed by atoms with van der Waals surface area (Å²) in [5, 5.41) is 0. The summed E-state index contributed by atoms with van der Waals surface area (Å²) in [6.45, 7) is 10.4. The van der Waals surface area contributed by atoms with Crippen LogP contribution in [-0.2, 0) is 0 Å². The molecule has 1 saturated carbocycles. The zero-order valence-electron chi connectivity index (χ0n) is 12.3. The lowest BCUT2D eigenvalue weighted by molar-refractivity contribution is 0.0352. The van der Waals surface area contributed by atoms with Gasteiger partial charge in [-0.15, -0.1) is 0 Å². The third-order valence-corrected chi connectivity index (χ3v) is 5.82. The third-order valence-electron chi connectivity index (χ3n) is 5.82. The van der Waals surface area contributed by atoms with Gasteiger partial charge in [-0.1, -0.05) is 26.2 Å². The fraction of sp³-hybridized carbons (Fsp3) is 1.00. The van der Waals surface area contributed by atoms with Crippen molar-refractivity contribution in [2.75, 3.05) is 26.2 Å². The zero-order valence-corrected chi connectivity index (χ0v) is 12.3. The van der Waals surface area contributed by atoms with Crippen molar-refractivity contribution in [3.8, 4) is 0 Å². The summed E-state index contributed by atoms with van der Waals surface area (Å²) in [6, 6.07) is 1.67. The highest BCUT2D eigenvalue weighted by Crippen LogP contribution is 2.32. The summed E-state index contributed by atoms with van der Waals surface area (Å²) in [7, 11) is 0. The second-order valence-corrected chi connectivity index (χ2v) is 7.12. The van der Waals surface area contributed by atoms with E-state index in [1.807, 2.05) is 0 Å². The van der Waals surface area contributed by atoms with Gasteiger partial charge in [0.15, 0.2) is 0 Å². The molecule has 0 aromatic heterocycles. The second kappa shape index (κ2) is 5.50. The molecule has 1 aliphatic carbocycles. The first-order chi connectivity index (χ1) is 8.74. The van der Waals surface area contributed by atoms with Crippen molar-refractivity contribution < 1.29 is 0 Å². The number of fused-ring (bicyclic) bond motifs is 1. The Hall–Kier alpha value is -0.0800. The molecule has 2 nitrogen and oxygen atoms in total. The Balaban J connectivity index is 1.58. The van der Waals surface area contributed by atoms with Crippen LogP contribution >= 0.6 is 0 Å². The molecule has 0 radical (unpaired) electrons. The Morgan fingerprint density at radius 2 is 1.78 bits per heavy atom. The largest absolute Gasteiger partial charge is 0.298 e. The molecule has 3 fully saturated rings. The molecule has 3 rings (SSSR count). The second-order valence-electron chi connectivity index (χ2n) is 7.12. The minimum Gasteiger partial charge on any atom is -0.298 e. The minimum atomic E-state index is 0.786. The Labute approximate surface area is 113 Å². The van der Waals surface area contributed by atoms with Crippen molar-refractivity contribution in [3.63, 3.8) is 0 Å². The molecule has 3 aliphatic rings. The van der Waals surface area contributed by atoms with Crippen LogP contribution in [0.25, 0.3) is 0 Å². The highest BCUT2D eigenvalue weighted by Gasteiger charge is 2.35. The maximum absolute atomic E-state index is 2.82. The SMILES string of the molecule is CC1CCCCC1CN1CC2CCCN2CC1C. The van der Waals surface area contributed by atoms with Gasteiger partial charge in [-0.3, -0.25) is 9.80 Å². The Morgan fingerprint density at radius 1 is 0.944 bits per heavy atom. The molecule has 2 saturated heterocycles. The molecule has 0 aromatic carbocycles. The van der Waals surface area contributed by atoms with Gasteiger partial charge in [0.05, 0.1) is 0 Å². The number of rotatable bonds is 2. The van der Waals surface area contributed by atoms with E-state index in [4.69, 9.17) is 0 Å². The van der Waals surface area contributed by atoms with Crippen LogP contribution in [0.5, 0.6) is 0 Å². The van der Waals surface area contributed by atoms with Crippen LogP contribution in [0.4, 0.5) is 0 Å². The zero-order chi connectivity index (χ0) is 12.5. The van der Waals surface area contributed by atoms with E-state index < -0.39 is 0 Å². The molecule has 0 aromatic rings. The van der Waals surface area contributed by atoms with Crippen LogP contribution in [0, 0.1) is 11.8 Å². The van der Waals surface area contributed by atoms with E-state index in [1.54, 1.807) is 0 Å². The molecule has 18 heavy (non-hydrogen) atoms. The maximum Gasteiger partial charge on any atom is 0.0224 e. The van der Waals surface area contributed by atoms with E-state index in [0.717, 1.165) is 23.9 Å². The van der Waals surface area contributed by atoms with E-state index in [-0.39, 0.29) is 0 Å². The fourth-order valence-corrected chi connectivity index (χ4v) is 4.47. The number of hydrogen-bond acceptors (Lipinski definition) is 2. The smallest absolute Gasteiger partial charge is 0.0224 e. The molecular weight excluding hydrogens is 220 g/mol. The maximum atomic E-state index is 2.82. The molecule has 2 heteroatoms. The summed E-state index contributed by atoms with van der Waals surface area (Å²) in [6.07, 6.45) is 8.80. The van der Waals surface area contributed by atoms with E-state index >= 15 is 0 Å². The van der Waals surface area contributed by atoms with Gasteiger partial charge in [0, 0.05) is 31.7 Å². The molecule has 0 bridgehead atoms. The van der Waals surface area contributed by atoms with Crippen LogP contribution in [0.3, 0.4) is 0 Å². The van der Waals surface area contributed by atoms with Gasteiger partial charge < -0.3 is 0 Å². The first kappa shape index (κ1) is 12.9. The lowest BCUT2D eigenvalue weighted by Gasteiger charge is -2.45. The molecule has 0 spiro atoms. The highest BCUT2D eigenvalue weighted by molar-refractivity contribution is 4.91.